The monoisotopic (exact) mass is 416 g/mol. The fraction of sp³-hybridized carbons (Fsp3) is 0.308. The number of piperidine rings is 1. The molecule has 2 aromatic carbocycles. The minimum Gasteiger partial charge on any atom is -0.463 e. The zero-order chi connectivity index (χ0) is 21.8. The largest absolute Gasteiger partial charge is 0.463 e. The average molecular weight is 417 g/mol. The number of aryl methyl sites for hydroxylation is 1. The van der Waals surface area contributed by atoms with Crippen LogP contribution in [0.1, 0.15) is 36.5 Å². The first kappa shape index (κ1) is 21.1. The highest BCUT2D eigenvalue weighted by Gasteiger charge is 2.15. The summed E-state index contributed by atoms with van der Waals surface area (Å²) in [6, 6.07) is 13.4. The van der Waals surface area contributed by atoms with Gasteiger partial charge in [-0.1, -0.05) is 30.7 Å². The third-order valence-electron chi connectivity index (χ3n) is 5.87. The van der Waals surface area contributed by atoms with Crippen molar-refractivity contribution in [2.75, 3.05) is 18.4 Å². The summed E-state index contributed by atoms with van der Waals surface area (Å²) in [5, 5.41) is 3.36. The molecular formula is C26H28N2O3. The molecule has 1 aromatic heterocycles. The van der Waals surface area contributed by atoms with E-state index in [9.17, 15) is 9.59 Å². The van der Waals surface area contributed by atoms with Crippen molar-refractivity contribution in [2.45, 2.75) is 33.2 Å². The number of carbonyl (C=O) groups excluding carboxylic acids is 1. The van der Waals surface area contributed by atoms with Gasteiger partial charge < -0.3 is 9.73 Å². The van der Waals surface area contributed by atoms with Crippen LogP contribution in [0.2, 0.25) is 0 Å². The van der Waals surface area contributed by atoms with Gasteiger partial charge in [0, 0.05) is 18.3 Å². The van der Waals surface area contributed by atoms with Crippen LogP contribution in [0.25, 0.3) is 17.0 Å². The molecule has 5 heteroatoms. The zero-order valence-corrected chi connectivity index (χ0v) is 18.1. The third-order valence-corrected chi connectivity index (χ3v) is 5.87. The second-order valence-corrected chi connectivity index (χ2v) is 8.50. The van der Waals surface area contributed by atoms with Gasteiger partial charge in [-0.3, -0.25) is 14.5 Å². The maximum Gasteiger partial charge on any atom is 0.248 e. The molecule has 1 fully saturated rings. The lowest BCUT2D eigenvalue weighted by atomic mass is 9.99. The fourth-order valence-electron chi connectivity index (χ4n) is 3.90. The van der Waals surface area contributed by atoms with Crippen LogP contribution in [0.5, 0.6) is 0 Å². The van der Waals surface area contributed by atoms with Crippen LogP contribution in [-0.4, -0.2) is 23.9 Å². The van der Waals surface area contributed by atoms with Gasteiger partial charge >= 0.3 is 0 Å². The van der Waals surface area contributed by atoms with E-state index < -0.39 is 0 Å². The molecule has 1 N–H and O–H groups in total. The molecule has 0 spiro atoms. The number of anilines is 1. The van der Waals surface area contributed by atoms with Crippen LogP contribution in [-0.2, 0) is 11.3 Å². The van der Waals surface area contributed by atoms with E-state index in [1.807, 2.05) is 25.1 Å². The first-order valence-corrected chi connectivity index (χ1v) is 10.8. The molecule has 1 saturated heterocycles. The summed E-state index contributed by atoms with van der Waals surface area (Å²) in [4.78, 5) is 27.4. The van der Waals surface area contributed by atoms with Gasteiger partial charge in [0.1, 0.15) is 11.8 Å². The standard InChI is InChI=1S/C26H28N2O3/c1-18-11-13-28(14-12-18)16-20-4-7-22(8-5-20)27-25(29)10-6-21-17-31-24-9-3-19(2)15-23(24)26(21)30/h3-10,15,17-18H,11-14,16H2,1-2H3,(H,27,29)/b10-6+. The summed E-state index contributed by atoms with van der Waals surface area (Å²) in [7, 11) is 0. The highest BCUT2D eigenvalue weighted by Crippen LogP contribution is 2.19. The molecule has 3 aromatic rings. The van der Waals surface area contributed by atoms with Crippen LogP contribution in [0, 0.1) is 12.8 Å². The van der Waals surface area contributed by atoms with Gasteiger partial charge in [0.2, 0.25) is 5.91 Å². The smallest absolute Gasteiger partial charge is 0.248 e. The Kier molecular flexibility index (Phi) is 6.33. The van der Waals surface area contributed by atoms with Gasteiger partial charge in [-0.2, -0.15) is 0 Å². The van der Waals surface area contributed by atoms with E-state index in [2.05, 4.69) is 29.3 Å². The molecule has 2 heterocycles. The van der Waals surface area contributed by atoms with E-state index in [1.165, 1.54) is 36.8 Å². The Labute approximate surface area is 182 Å². The average Bonchev–Trinajstić information content (AvgIpc) is 2.77. The van der Waals surface area contributed by atoms with Crippen molar-refractivity contribution in [2.24, 2.45) is 5.92 Å². The number of amides is 1. The highest BCUT2D eigenvalue weighted by atomic mass is 16.3. The van der Waals surface area contributed by atoms with Crippen LogP contribution < -0.4 is 10.7 Å². The molecule has 0 aliphatic carbocycles. The van der Waals surface area contributed by atoms with Crippen molar-refractivity contribution in [1.82, 2.24) is 4.90 Å². The molecule has 5 nitrogen and oxygen atoms in total. The highest BCUT2D eigenvalue weighted by molar-refractivity contribution is 6.02. The summed E-state index contributed by atoms with van der Waals surface area (Å²) in [6.07, 6.45) is 6.76. The molecule has 4 rings (SSSR count). The summed E-state index contributed by atoms with van der Waals surface area (Å²) in [5.41, 5.74) is 3.69. The van der Waals surface area contributed by atoms with Gasteiger partial charge in [0.15, 0.2) is 5.43 Å². The van der Waals surface area contributed by atoms with Crippen molar-refractivity contribution in [3.8, 4) is 0 Å². The van der Waals surface area contributed by atoms with E-state index in [0.717, 1.165) is 36.8 Å². The van der Waals surface area contributed by atoms with Gasteiger partial charge in [0.05, 0.1) is 10.9 Å². The van der Waals surface area contributed by atoms with Crippen molar-refractivity contribution < 1.29 is 9.21 Å². The van der Waals surface area contributed by atoms with Gasteiger partial charge in [-0.15, -0.1) is 0 Å². The Morgan fingerprint density at radius 2 is 1.90 bits per heavy atom. The SMILES string of the molecule is Cc1ccc2occ(/C=C/C(=O)Nc3ccc(CN4CCC(C)CC4)cc3)c(=O)c2c1. The molecule has 0 atom stereocenters. The normalized spacial score (nSPS) is 15.5. The van der Waals surface area contributed by atoms with Gasteiger partial charge in [-0.25, -0.2) is 0 Å². The molecule has 160 valence electrons. The zero-order valence-electron chi connectivity index (χ0n) is 18.1. The Morgan fingerprint density at radius 3 is 2.65 bits per heavy atom. The summed E-state index contributed by atoms with van der Waals surface area (Å²) in [6.45, 7) is 7.47. The first-order valence-electron chi connectivity index (χ1n) is 10.8. The lowest BCUT2D eigenvalue weighted by Crippen LogP contribution is -2.32. The van der Waals surface area contributed by atoms with Crippen LogP contribution in [0.4, 0.5) is 5.69 Å². The topological polar surface area (TPSA) is 62.6 Å². The number of hydrogen-bond acceptors (Lipinski definition) is 4. The number of fused-ring (bicyclic) bond motifs is 1. The minimum absolute atomic E-state index is 0.148. The molecule has 1 aliphatic rings. The Bertz CT molecular complexity index is 1150. The first-order chi connectivity index (χ1) is 15.0. The molecule has 0 bridgehead atoms. The second kappa shape index (κ2) is 9.31. The van der Waals surface area contributed by atoms with Gasteiger partial charge in [0.25, 0.3) is 0 Å². The van der Waals surface area contributed by atoms with E-state index in [0.29, 0.717) is 16.5 Å². The number of nitrogens with zero attached hydrogens (tertiary/aromatic N) is 1. The molecule has 1 amide bonds. The fourth-order valence-corrected chi connectivity index (χ4v) is 3.90. The number of nitrogens with one attached hydrogen (secondary N) is 1. The molecule has 1 aliphatic heterocycles. The van der Waals surface area contributed by atoms with Crippen LogP contribution in [0.3, 0.4) is 0 Å². The number of carbonyl (C=O) groups is 1. The minimum atomic E-state index is -0.290. The van der Waals surface area contributed by atoms with Crippen molar-refractivity contribution in [3.05, 3.63) is 81.7 Å². The van der Waals surface area contributed by atoms with E-state index in [-0.39, 0.29) is 11.3 Å². The van der Waals surface area contributed by atoms with E-state index in [4.69, 9.17) is 4.42 Å². The summed E-state index contributed by atoms with van der Waals surface area (Å²) >= 11 is 0. The van der Waals surface area contributed by atoms with E-state index in [1.54, 1.807) is 12.1 Å². The number of benzene rings is 2. The van der Waals surface area contributed by atoms with Crippen molar-refractivity contribution >= 4 is 28.6 Å². The van der Waals surface area contributed by atoms with E-state index >= 15 is 0 Å². The summed E-state index contributed by atoms with van der Waals surface area (Å²) in [5.74, 6) is 0.536. The molecule has 0 radical (unpaired) electrons. The van der Waals surface area contributed by atoms with Gasteiger partial charge in [-0.05, 0) is 74.7 Å². The number of rotatable bonds is 5. The maximum atomic E-state index is 12.6. The Balaban J connectivity index is 1.37. The van der Waals surface area contributed by atoms with Crippen LogP contribution >= 0.6 is 0 Å². The lowest BCUT2D eigenvalue weighted by Gasteiger charge is -2.30. The number of likely N-dealkylation sites (tertiary alicyclic amines) is 1. The Morgan fingerprint density at radius 1 is 1.16 bits per heavy atom. The maximum absolute atomic E-state index is 12.6. The molecular weight excluding hydrogens is 388 g/mol. The molecule has 31 heavy (non-hydrogen) atoms. The Hall–Kier alpha value is -3.18. The molecule has 0 saturated carbocycles. The predicted octanol–water partition coefficient (Wildman–Crippen LogP) is 4.99. The lowest BCUT2D eigenvalue weighted by molar-refractivity contribution is -0.111. The second-order valence-electron chi connectivity index (χ2n) is 8.50. The van der Waals surface area contributed by atoms with Crippen molar-refractivity contribution in [3.63, 3.8) is 0 Å². The van der Waals surface area contributed by atoms with Crippen LogP contribution in [0.15, 0.2) is 64.0 Å². The predicted molar refractivity (Wildman–Crippen MR) is 125 cm³/mol. The quantitative estimate of drug-likeness (QED) is 0.596. The summed E-state index contributed by atoms with van der Waals surface area (Å²) < 4.78 is 5.52. The number of hydrogen-bond donors (Lipinski definition) is 1. The van der Waals surface area contributed by atoms with Crippen molar-refractivity contribution in [1.29, 1.82) is 0 Å². The third kappa shape index (κ3) is 5.30. The molecule has 0 unspecified atom stereocenters.